The number of nitrogens with zero attached hydrogens (tertiary/aromatic N) is 1. The molecule has 0 spiro atoms. The first-order valence-corrected chi connectivity index (χ1v) is 8.24. The third kappa shape index (κ3) is 4.69. The van der Waals surface area contributed by atoms with Crippen LogP contribution in [0, 0.1) is 10.1 Å². The second kappa shape index (κ2) is 7.18. The fourth-order valence-corrected chi connectivity index (χ4v) is 2.56. The molecule has 1 amide bonds. The number of para-hydroxylation sites is 1. The Kier molecular flexibility index (Phi) is 5.55. The summed E-state index contributed by atoms with van der Waals surface area (Å²) in [5.74, 6) is -0.684. The Balaban J connectivity index is 2.17. The predicted octanol–water partition coefficient (Wildman–Crippen LogP) is 0.908. The van der Waals surface area contributed by atoms with Gasteiger partial charge in [0, 0.05) is 0 Å². The highest BCUT2D eigenvalue weighted by molar-refractivity contribution is 6.60. The molecule has 26 heavy (non-hydrogen) atoms. The lowest BCUT2D eigenvalue weighted by molar-refractivity contribution is -0.384. The molecule has 1 aromatic carbocycles. The highest BCUT2D eigenvalue weighted by Gasteiger charge is 2.34. The lowest BCUT2D eigenvalue weighted by atomic mass is 9.78. The largest absolute Gasteiger partial charge is 0.495 e. The molecule has 1 aromatic rings. The summed E-state index contributed by atoms with van der Waals surface area (Å²) in [4.78, 5) is 23.1. The van der Waals surface area contributed by atoms with Crippen molar-refractivity contribution >= 4 is 24.2 Å². The first-order valence-electron chi connectivity index (χ1n) is 8.24. The second-order valence-electron chi connectivity index (χ2n) is 7.44. The van der Waals surface area contributed by atoms with Crippen molar-refractivity contribution in [3.63, 3.8) is 0 Å². The van der Waals surface area contributed by atoms with Crippen LogP contribution in [-0.2, 0) is 4.74 Å². The number of allylic oxidation sites excluding steroid dienone is 1. The molecule has 0 aliphatic heterocycles. The first-order chi connectivity index (χ1) is 11.9. The van der Waals surface area contributed by atoms with Gasteiger partial charge in [-0.05, 0) is 45.8 Å². The van der Waals surface area contributed by atoms with Gasteiger partial charge in [-0.3, -0.25) is 14.9 Å². The van der Waals surface area contributed by atoms with Gasteiger partial charge in [0.1, 0.15) is 5.56 Å². The van der Waals surface area contributed by atoms with Gasteiger partial charge in [0.2, 0.25) is 0 Å². The standard InChI is InChI=1S/C17H23BN2O6/c1-16(2,10-26-17(3,4)11-8-9-11)19-15(21)12-6-5-7-13(18(22)23)14(12)20(24)25/h5-8,22-23H,9-10H2,1-4H3,(H,19,21). The van der Waals surface area contributed by atoms with Gasteiger partial charge in [-0.1, -0.05) is 18.2 Å². The number of benzene rings is 1. The maximum atomic E-state index is 12.6. The molecule has 0 unspecified atom stereocenters. The molecule has 8 nitrogen and oxygen atoms in total. The van der Waals surface area contributed by atoms with Crippen LogP contribution in [0.3, 0.4) is 0 Å². The Morgan fingerprint density at radius 1 is 1.35 bits per heavy atom. The minimum absolute atomic E-state index is 0.208. The Morgan fingerprint density at radius 2 is 1.96 bits per heavy atom. The zero-order chi connectivity index (χ0) is 19.7. The SMILES string of the molecule is CC(C)(COC(C)(C)C1=CC1)NC(=O)c1cccc(B(O)O)c1[N+](=O)[O-]. The molecular weight excluding hydrogens is 339 g/mol. The van der Waals surface area contributed by atoms with Crippen molar-refractivity contribution in [2.75, 3.05) is 6.61 Å². The fourth-order valence-electron chi connectivity index (χ4n) is 2.56. The quantitative estimate of drug-likeness (QED) is 0.273. The smallest absolute Gasteiger partial charge is 0.423 e. The summed E-state index contributed by atoms with van der Waals surface area (Å²) in [6.07, 6.45) is 2.99. The summed E-state index contributed by atoms with van der Waals surface area (Å²) in [5.41, 5.74) is -1.21. The summed E-state index contributed by atoms with van der Waals surface area (Å²) >= 11 is 0. The summed E-state index contributed by atoms with van der Waals surface area (Å²) < 4.78 is 5.90. The summed E-state index contributed by atoms with van der Waals surface area (Å²) in [5, 5.41) is 32.7. The average molecular weight is 362 g/mol. The van der Waals surface area contributed by atoms with E-state index >= 15 is 0 Å². The number of ether oxygens (including phenoxy) is 1. The maximum Gasteiger partial charge on any atom is 0.495 e. The van der Waals surface area contributed by atoms with Gasteiger partial charge in [0.05, 0.1) is 28.1 Å². The van der Waals surface area contributed by atoms with E-state index in [1.807, 2.05) is 13.8 Å². The number of nitrogens with one attached hydrogen (secondary N) is 1. The van der Waals surface area contributed by atoms with Gasteiger partial charge in [-0.25, -0.2) is 0 Å². The Labute approximate surface area is 152 Å². The minimum atomic E-state index is -2.05. The number of carbonyl (C=O) groups excluding carboxylic acids is 1. The van der Waals surface area contributed by atoms with Crippen LogP contribution in [-0.4, -0.2) is 45.7 Å². The molecule has 0 saturated carbocycles. The van der Waals surface area contributed by atoms with Gasteiger partial charge >= 0.3 is 7.12 Å². The molecule has 2 rings (SSSR count). The zero-order valence-electron chi connectivity index (χ0n) is 15.3. The number of nitro groups is 1. The zero-order valence-corrected chi connectivity index (χ0v) is 15.3. The highest BCUT2D eigenvalue weighted by atomic mass is 16.6. The van der Waals surface area contributed by atoms with E-state index in [9.17, 15) is 25.0 Å². The molecule has 0 heterocycles. The molecular formula is C17H23BN2O6. The van der Waals surface area contributed by atoms with E-state index in [2.05, 4.69) is 11.4 Å². The van der Waals surface area contributed by atoms with Crippen LogP contribution in [0.1, 0.15) is 44.5 Å². The van der Waals surface area contributed by atoms with E-state index in [4.69, 9.17) is 4.74 Å². The predicted molar refractivity (Wildman–Crippen MR) is 97.2 cm³/mol. The monoisotopic (exact) mass is 362 g/mol. The summed E-state index contributed by atoms with van der Waals surface area (Å²) in [7, 11) is -2.05. The number of amides is 1. The van der Waals surface area contributed by atoms with Crippen LogP contribution >= 0.6 is 0 Å². The molecule has 1 aliphatic rings. The second-order valence-corrected chi connectivity index (χ2v) is 7.44. The van der Waals surface area contributed by atoms with Gasteiger partial charge < -0.3 is 20.1 Å². The Morgan fingerprint density at radius 3 is 2.46 bits per heavy atom. The molecule has 0 aromatic heterocycles. The normalized spacial score (nSPS) is 13.8. The van der Waals surface area contributed by atoms with Crippen LogP contribution < -0.4 is 10.8 Å². The van der Waals surface area contributed by atoms with Crippen LogP contribution in [0.15, 0.2) is 29.8 Å². The average Bonchev–Trinajstić information content (AvgIpc) is 3.37. The highest BCUT2D eigenvalue weighted by Crippen LogP contribution is 2.34. The lowest BCUT2D eigenvalue weighted by Crippen LogP contribution is -2.49. The molecule has 0 fully saturated rings. The summed E-state index contributed by atoms with van der Waals surface area (Å²) in [6, 6.07) is 3.83. The van der Waals surface area contributed by atoms with E-state index in [0.29, 0.717) is 0 Å². The van der Waals surface area contributed by atoms with Crippen molar-refractivity contribution < 1.29 is 24.5 Å². The number of hydrogen-bond acceptors (Lipinski definition) is 6. The molecule has 0 saturated heterocycles. The van der Waals surface area contributed by atoms with Crippen LogP contribution in [0.4, 0.5) is 5.69 Å². The number of rotatable bonds is 8. The number of carbonyl (C=O) groups is 1. The van der Waals surface area contributed by atoms with Gasteiger partial charge in [-0.15, -0.1) is 0 Å². The molecule has 9 heteroatoms. The van der Waals surface area contributed by atoms with Gasteiger partial charge in [-0.2, -0.15) is 0 Å². The van der Waals surface area contributed by atoms with E-state index in [-0.39, 0.29) is 17.6 Å². The van der Waals surface area contributed by atoms with Crippen molar-refractivity contribution in [3.05, 3.63) is 45.5 Å². The lowest BCUT2D eigenvalue weighted by Gasteiger charge is -2.31. The van der Waals surface area contributed by atoms with E-state index in [1.54, 1.807) is 13.8 Å². The Hall–Kier alpha value is -2.23. The van der Waals surface area contributed by atoms with Crippen molar-refractivity contribution in [3.8, 4) is 0 Å². The molecule has 140 valence electrons. The van der Waals surface area contributed by atoms with Crippen molar-refractivity contribution in [1.82, 2.24) is 5.32 Å². The molecule has 3 N–H and O–H groups in total. The number of nitro benzene ring substituents is 1. The molecule has 0 atom stereocenters. The fraction of sp³-hybridized carbons (Fsp3) is 0.471. The van der Waals surface area contributed by atoms with E-state index in [0.717, 1.165) is 6.42 Å². The topological polar surface area (TPSA) is 122 Å². The third-order valence-electron chi connectivity index (χ3n) is 4.20. The van der Waals surface area contributed by atoms with Crippen molar-refractivity contribution in [2.24, 2.45) is 0 Å². The minimum Gasteiger partial charge on any atom is -0.423 e. The van der Waals surface area contributed by atoms with Gasteiger partial charge in [0.15, 0.2) is 0 Å². The van der Waals surface area contributed by atoms with Crippen LogP contribution in [0.2, 0.25) is 0 Å². The molecule has 0 bridgehead atoms. The van der Waals surface area contributed by atoms with E-state index < -0.39 is 34.8 Å². The molecule has 0 radical (unpaired) electrons. The van der Waals surface area contributed by atoms with E-state index in [1.165, 1.54) is 23.8 Å². The molecule has 1 aliphatic carbocycles. The Bertz CT molecular complexity index is 758. The van der Waals surface area contributed by atoms with Crippen LogP contribution in [0.5, 0.6) is 0 Å². The van der Waals surface area contributed by atoms with Gasteiger partial charge in [0.25, 0.3) is 11.6 Å². The number of hydrogen-bond donors (Lipinski definition) is 3. The van der Waals surface area contributed by atoms with Crippen molar-refractivity contribution in [1.29, 1.82) is 0 Å². The third-order valence-corrected chi connectivity index (χ3v) is 4.20. The maximum absolute atomic E-state index is 12.6. The van der Waals surface area contributed by atoms with Crippen molar-refractivity contribution in [2.45, 2.75) is 45.3 Å². The van der Waals surface area contributed by atoms with Crippen LogP contribution in [0.25, 0.3) is 0 Å². The first kappa shape index (κ1) is 20.1. The summed E-state index contributed by atoms with van der Waals surface area (Å²) in [6.45, 7) is 7.60.